The summed E-state index contributed by atoms with van der Waals surface area (Å²) in [5, 5.41) is 20.5. The van der Waals surface area contributed by atoms with Crippen molar-refractivity contribution in [1.82, 2.24) is 5.32 Å². The van der Waals surface area contributed by atoms with Crippen LogP contribution < -0.4 is 5.32 Å². The fourth-order valence-corrected chi connectivity index (χ4v) is 2.42. The Morgan fingerprint density at radius 2 is 2.06 bits per heavy atom. The summed E-state index contributed by atoms with van der Waals surface area (Å²) < 4.78 is 0.686. The molecule has 0 aliphatic rings. The van der Waals surface area contributed by atoms with Gasteiger partial charge in [0.2, 0.25) is 0 Å². The molecule has 0 aliphatic carbocycles. The first-order valence-electron chi connectivity index (χ1n) is 4.41. The number of aliphatic hydroxyl groups excluding tert-OH is 2. The number of hydrogen-bond donors (Lipinski definition) is 3. The second kappa shape index (κ2) is 5.33. The fourth-order valence-electron chi connectivity index (χ4n) is 0.966. The van der Waals surface area contributed by atoms with Crippen LogP contribution in [-0.4, -0.2) is 34.9 Å². The quantitative estimate of drug-likeness (QED) is 0.785. The van der Waals surface area contributed by atoms with Gasteiger partial charge in [-0.15, -0.1) is 11.3 Å². The van der Waals surface area contributed by atoms with Crippen molar-refractivity contribution in [2.75, 3.05) is 13.2 Å². The van der Waals surface area contributed by atoms with Gasteiger partial charge in [0, 0.05) is 0 Å². The third-order valence-corrected chi connectivity index (χ3v) is 3.50. The molecule has 1 amide bonds. The summed E-state index contributed by atoms with van der Waals surface area (Å²) in [6.45, 7) is 0.780. The van der Waals surface area contributed by atoms with Crippen LogP contribution in [0.15, 0.2) is 6.07 Å². The molecular formula is C9H11Cl2NO3S. The minimum atomic E-state index is -1.07. The molecule has 0 saturated heterocycles. The lowest BCUT2D eigenvalue weighted by Crippen LogP contribution is -2.51. The first kappa shape index (κ1) is 13.7. The smallest absolute Gasteiger partial charge is 0.254 e. The maximum absolute atomic E-state index is 11.7. The van der Waals surface area contributed by atoms with Crippen LogP contribution in [0.5, 0.6) is 0 Å². The molecule has 1 aromatic rings. The van der Waals surface area contributed by atoms with Crippen LogP contribution in [0.3, 0.4) is 0 Å². The van der Waals surface area contributed by atoms with E-state index in [-0.39, 0.29) is 23.1 Å². The molecule has 0 bridgehead atoms. The van der Waals surface area contributed by atoms with Gasteiger partial charge in [0.1, 0.15) is 4.34 Å². The van der Waals surface area contributed by atoms with Crippen molar-refractivity contribution < 1.29 is 15.0 Å². The van der Waals surface area contributed by atoms with Gasteiger partial charge in [-0.2, -0.15) is 0 Å². The van der Waals surface area contributed by atoms with Crippen molar-refractivity contribution in [2.24, 2.45) is 0 Å². The number of rotatable bonds is 4. The third-order valence-electron chi connectivity index (χ3n) is 2.01. The Kier molecular flexibility index (Phi) is 4.58. The molecule has 1 heterocycles. The van der Waals surface area contributed by atoms with Gasteiger partial charge in [-0.05, 0) is 13.0 Å². The van der Waals surface area contributed by atoms with Crippen LogP contribution in [0.1, 0.15) is 17.3 Å². The zero-order valence-corrected chi connectivity index (χ0v) is 10.8. The Morgan fingerprint density at radius 1 is 1.50 bits per heavy atom. The number of carbonyl (C=O) groups excluding carboxylic acids is 1. The normalized spacial score (nSPS) is 11.6. The van der Waals surface area contributed by atoms with Gasteiger partial charge in [0.25, 0.3) is 5.91 Å². The van der Waals surface area contributed by atoms with Gasteiger partial charge in [-0.1, -0.05) is 23.2 Å². The summed E-state index contributed by atoms with van der Waals surface area (Å²) in [6, 6.07) is 1.44. The van der Waals surface area contributed by atoms with E-state index in [1.165, 1.54) is 13.0 Å². The number of aliphatic hydroxyl groups is 2. The molecular weight excluding hydrogens is 273 g/mol. The summed E-state index contributed by atoms with van der Waals surface area (Å²) in [4.78, 5) is 11.7. The zero-order chi connectivity index (χ0) is 12.3. The van der Waals surface area contributed by atoms with Gasteiger partial charge in [-0.25, -0.2) is 0 Å². The topological polar surface area (TPSA) is 69.6 Å². The number of amides is 1. The molecule has 1 rings (SSSR count). The van der Waals surface area contributed by atoms with Gasteiger partial charge in [0.15, 0.2) is 0 Å². The highest BCUT2D eigenvalue weighted by Crippen LogP contribution is 2.31. The molecule has 0 saturated carbocycles. The van der Waals surface area contributed by atoms with Gasteiger partial charge < -0.3 is 15.5 Å². The lowest BCUT2D eigenvalue weighted by Gasteiger charge is -2.25. The second-order valence-electron chi connectivity index (χ2n) is 3.57. The standard InChI is InChI=1S/C9H11Cl2NO3S/c1-9(3-13,4-14)12-8(15)5-2-6(10)16-7(5)11/h2,13-14H,3-4H2,1H3,(H,12,15). The highest BCUT2D eigenvalue weighted by Gasteiger charge is 2.26. The molecule has 16 heavy (non-hydrogen) atoms. The molecule has 7 heteroatoms. The highest BCUT2D eigenvalue weighted by atomic mass is 35.5. The first-order chi connectivity index (χ1) is 7.41. The third kappa shape index (κ3) is 3.09. The fraction of sp³-hybridized carbons (Fsp3) is 0.444. The lowest BCUT2D eigenvalue weighted by molar-refractivity contribution is 0.0724. The molecule has 0 unspecified atom stereocenters. The Labute approximate surface area is 107 Å². The predicted octanol–water partition coefficient (Wildman–Crippen LogP) is 1.53. The minimum Gasteiger partial charge on any atom is -0.394 e. The lowest BCUT2D eigenvalue weighted by atomic mass is 10.1. The van der Waals surface area contributed by atoms with E-state index < -0.39 is 11.4 Å². The van der Waals surface area contributed by atoms with Crippen LogP contribution in [-0.2, 0) is 0 Å². The highest BCUT2D eigenvalue weighted by molar-refractivity contribution is 7.20. The van der Waals surface area contributed by atoms with Crippen molar-refractivity contribution in [3.63, 3.8) is 0 Å². The summed E-state index contributed by atoms with van der Waals surface area (Å²) in [5.41, 5.74) is -0.834. The predicted molar refractivity (Wildman–Crippen MR) is 64.4 cm³/mol. The molecule has 0 aromatic carbocycles. The molecule has 0 aliphatic heterocycles. The number of carbonyl (C=O) groups is 1. The van der Waals surface area contributed by atoms with E-state index in [4.69, 9.17) is 33.4 Å². The van der Waals surface area contributed by atoms with E-state index in [1.54, 1.807) is 0 Å². The number of hydrogen-bond acceptors (Lipinski definition) is 4. The molecule has 0 radical (unpaired) electrons. The van der Waals surface area contributed by atoms with Crippen LogP contribution in [0.4, 0.5) is 0 Å². The molecule has 0 fully saturated rings. The zero-order valence-electron chi connectivity index (χ0n) is 8.46. The Hall–Kier alpha value is -0.330. The van der Waals surface area contributed by atoms with E-state index in [1.807, 2.05) is 0 Å². The van der Waals surface area contributed by atoms with Crippen molar-refractivity contribution >= 4 is 40.4 Å². The average Bonchev–Trinajstić information content (AvgIpc) is 2.57. The van der Waals surface area contributed by atoms with Crippen LogP contribution in [0.25, 0.3) is 0 Å². The van der Waals surface area contributed by atoms with E-state index >= 15 is 0 Å². The molecule has 0 spiro atoms. The molecule has 1 aromatic heterocycles. The first-order valence-corrected chi connectivity index (χ1v) is 5.98. The SMILES string of the molecule is CC(CO)(CO)NC(=O)c1cc(Cl)sc1Cl. The Bertz CT molecular complexity index is 390. The van der Waals surface area contributed by atoms with E-state index in [9.17, 15) is 4.79 Å². The van der Waals surface area contributed by atoms with E-state index in [0.29, 0.717) is 4.34 Å². The van der Waals surface area contributed by atoms with Gasteiger partial charge in [-0.3, -0.25) is 4.79 Å². The Balaban J connectivity index is 2.84. The maximum Gasteiger partial charge on any atom is 0.254 e. The summed E-state index contributed by atoms with van der Waals surface area (Å²) >= 11 is 12.6. The number of nitrogens with one attached hydrogen (secondary N) is 1. The number of halogens is 2. The summed E-state index contributed by atoms with van der Waals surface area (Å²) in [5.74, 6) is -0.473. The monoisotopic (exact) mass is 283 g/mol. The largest absolute Gasteiger partial charge is 0.394 e. The van der Waals surface area contributed by atoms with Crippen molar-refractivity contribution in [2.45, 2.75) is 12.5 Å². The van der Waals surface area contributed by atoms with Crippen molar-refractivity contribution in [3.05, 3.63) is 20.3 Å². The van der Waals surface area contributed by atoms with E-state index in [0.717, 1.165) is 11.3 Å². The Morgan fingerprint density at radius 3 is 2.44 bits per heavy atom. The van der Waals surface area contributed by atoms with Crippen LogP contribution >= 0.6 is 34.5 Å². The molecule has 3 N–H and O–H groups in total. The van der Waals surface area contributed by atoms with E-state index in [2.05, 4.69) is 5.32 Å². The van der Waals surface area contributed by atoms with Crippen molar-refractivity contribution in [3.8, 4) is 0 Å². The minimum absolute atomic E-state index is 0.241. The summed E-state index contributed by atoms with van der Waals surface area (Å²) in [7, 11) is 0. The van der Waals surface area contributed by atoms with Gasteiger partial charge >= 0.3 is 0 Å². The average molecular weight is 284 g/mol. The van der Waals surface area contributed by atoms with Crippen LogP contribution in [0, 0.1) is 0 Å². The van der Waals surface area contributed by atoms with Gasteiger partial charge in [0.05, 0.1) is 28.7 Å². The summed E-state index contributed by atoms with van der Waals surface area (Å²) in [6.07, 6.45) is 0. The second-order valence-corrected chi connectivity index (χ2v) is 5.85. The molecule has 4 nitrogen and oxygen atoms in total. The van der Waals surface area contributed by atoms with Crippen molar-refractivity contribution in [1.29, 1.82) is 0 Å². The maximum atomic E-state index is 11.7. The number of thiophene rings is 1. The molecule has 0 atom stereocenters. The van der Waals surface area contributed by atoms with Crippen LogP contribution in [0.2, 0.25) is 8.67 Å². The molecule has 90 valence electrons.